The number of pyridine rings is 1. The first kappa shape index (κ1) is 23.4. The number of nitrogens with zero attached hydrogens (tertiary/aromatic N) is 6. The molecule has 0 aliphatic heterocycles. The lowest BCUT2D eigenvalue weighted by molar-refractivity contribution is -0.137. The van der Waals surface area contributed by atoms with Crippen molar-refractivity contribution in [3.05, 3.63) is 84.9 Å². The van der Waals surface area contributed by atoms with Crippen LogP contribution in [0, 0.1) is 6.92 Å². The average Bonchev–Trinajstić information content (AvgIpc) is 3.16. The van der Waals surface area contributed by atoms with E-state index >= 15 is 0 Å². The molecule has 1 aromatic carbocycles. The van der Waals surface area contributed by atoms with Crippen molar-refractivity contribution >= 4 is 17.3 Å². The van der Waals surface area contributed by atoms with Crippen molar-refractivity contribution in [2.45, 2.75) is 32.4 Å². The van der Waals surface area contributed by atoms with Gasteiger partial charge in [0.15, 0.2) is 0 Å². The summed E-state index contributed by atoms with van der Waals surface area (Å²) in [5.41, 5.74) is 0.601. The number of halogens is 3. The smallest absolute Gasteiger partial charge is 0.278 e. The highest BCUT2D eigenvalue weighted by Gasteiger charge is 2.37. The summed E-state index contributed by atoms with van der Waals surface area (Å²) in [6.45, 7) is 11.9. The zero-order chi connectivity index (χ0) is 24.7. The summed E-state index contributed by atoms with van der Waals surface area (Å²) in [5.74, 6) is 0.649. The molecule has 0 saturated heterocycles. The van der Waals surface area contributed by atoms with Crippen LogP contribution in [0.15, 0.2) is 61.2 Å². The Labute approximate surface area is 196 Å². The molecule has 4 rings (SSSR count). The maximum atomic E-state index is 14.2. The molecule has 0 aliphatic rings. The van der Waals surface area contributed by atoms with E-state index in [0.29, 0.717) is 22.8 Å². The van der Waals surface area contributed by atoms with Gasteiger partial charge in [0.2, 0.25) is 0 Å². The predicted octanol–water partition coefficient (Wildman–Crippen LogP) is 6.12. The molecule has 3 heterocycles. The fourth-order valence-corrected chi connectivity index (χ4v) is 3.58. The van der Waals surface area contributed by atoms with Crippen LogP contribution in [0.4, 0.5) is 30.5 Å². The normalized spacial score (nSPS) is 12.1. The SMILES string of the molecule is [CH]c1ccc(C(F)(F)F)c(N(c2ncccc2-c2ccncn2)c2cc(C(C)(C)C)nn2C)c1. The first-order valence-corrected chi connectivity index (χ1v) is 10.5. The van der Waals surface area contributed by atoms with Crippen LogP contribution >= 0.6 is 0 Å². The molecule has 174 valence electrons. The molecule has 0 atom stereocenters. The molecule has 0 unspecified atom stereocenters. The van der Waals surface area contributed by atoms with Crippen molar-refractivity contribution in [2.24, 2.45) is 7.05 Å². The molecule has 34 heavy (non-hydrogen) atoms. The Morgan fingerprint density at radius 3 is 2.35 bits per heavy atom. The molecule has 0 N–H and O–H groups in total. The van der Waals surface area contributed by atoms with Gasteiger partial charge in [-0.3, -0.25) is 9.58 Å². The van der Waals surface area contributed by atoms with Crippen LogP contribution in [-0.2, 0) is 18.6 Å². The highest BCUT2D eigenvalue weighted by molar-refractivity contribution is 5.85. The molecule has 2 radical (unpaired) electrons. The van der Waals surface area contributed by atoms with Gasteiger partial charge in [-0.05, 0) is 42.8 Å². The first-order chi connectivity index (χ1) is 16.0. The van der Waals surface area contributed by atoms with E-state index in [1.54, 1.807) is 42.2 Å². The third-order valence-corrected chi connectivity index (χ3v) is 5.28. The van der Waals surface area contributed by atoms with Crippen LogP contribution in [0.25, 0.3) is 11.3 Å². The number of alkyl halides is 3. The third-order valence-electron chi connectivity index (χ3n) is 5.28. The van der Waals surface area contributed by atoms with Gasteiger partial charge in [0, 0.05) is 36.5 Å². The Hall–Kier alpha value is -3.75. The summed E-state index contributed by atoms with van der Waals surface area (Å²) in [7, 11) is 1.68. The predicted molar refractivity (Wildman–Crippen MR) is 124 cm³/mol. The number of anilines is 3. The highest BCUT2D eigenvalue weighted by atomic mass is 19.4. The van der Waals surface area contributed by atoms with Crippen LogP contribution in [0.2, 0.25) is 0 Å². The highest BCUT2D eigenvalue weighted by Crippen LogP contribution is 2.45. The Bertz CT molecular complexity index is 1310. The Balaban J connectivity index is 2.07. The van der Waals surface area contributed by atoms with Gasteiger partial charge in [0.1, 0.15) is 18.0 Å². The molecule has 0 aliphatic carbocycles. The summed E-state index contributed by atoms with van der Waals surface area (Å²) >= 11 is 0. The van der Waals surface area contributed by atoms with E-state index in [0.717, 1.165) is 6.07 Å². The maximum absolute atomic E-state index is 14.2. The molecule has 0 spiro atoms. The number of hydrogen-bond donors (Lipinski definition) is 0. The second-order valence-electron chi connectivity index (χ2n) is 8.84. The van der Waals surface area contributed by atoms with E-state index in [9.17, 15) is 13.2 Å². The van der Waals surface area contributed by atoms with Crippen molar-refractivity contribution < 1.29 is 13.2 Å². The summed E-state index contributed by atoms with van der Waals surface area (Å²) in [4.78, 5) is 14.1. The monoisotopic (exact) mass is 464 g/mol. The zero-order valence-corrected chi connectivity index (χ0v) is 19.2. The fraction of sp³-hybridized carbons (Fsp3) is 0.240. The van der Waals surface area contributed by atoms with Gasteiger partial charge in [-0.15, -0.1) is 0 Å². The van der Waals surface area contributed by atoms with Crippen molar-refractivity contribution in [3.63, 3.8) is 0 Å². The molecule has 3 aromatic heterocycles. The van der Waals surface area contributed by atoms with Gasteiger partial charge in [-0.25, -0.2) is 15.0 Å². The minimum atomic E-state index is -4.63. The minimum absolute atomic E-state index is 0.162. The topological polar surface area (TPSA) is 59.7 Å². The van der Waals surface area contributed by atoms with E-state index in [4.69, 9.17) is 6.92 Å². The lowest BCUT2D eigenvalue weighted by Crippen LogP contribution is -2.20. The standard InChI is InChI=1S/C25H23F3N6/c1-16-8-9-18(25(26,27)28)20(13-16)34(22-14-21(24(2,3)4)32-33(22)5)23-17(7-6-11-30-23)19-10-12-29-15-31-19/h1,6-15H,2-5H3. The number of rotatable bonds is 4. The molecule has 0 amide bonds. The van der Waals surface area contributed by atoms with E-state index in [2.05, 4.69) is 20.1 Å². The Morgan fingerprint density at radius 1 is 0.971 bits per heavy atom. The van der Waals surface area contributed by atoms with Crippen LogP contribution in [0.1, 0.15) is 37.6 Å². The van der Waals surface area contributed by atoms with Crippen molar-refractivity contribution in [2.75, 3.05) is 4.90 Å². The molecule has 6 nitrogen and oxygen atoms in total. The van der Waals surface area contributed by atoms with Gasteiger partial charge >= 0.3 is 6.18 Å². The van der Waals surface area contributed by atoms with E-state index in [-0.39, 0.29) is 22.5 Å². The largest absolute Gasteiger partial charge is 0.418 e. The molecule has 0 fully saturated rings. The zero-order valence-electron chi connectivity index (χ0n) is 19.2. The molecular weight excluding hydrogens is 441 g/mol. The van der Waals surface area contributed by atoms with Crippen molar-refractivity contribution in [3.8, 4) is 11.3 Å². The van der Waals surface area contributed by atoms with Crippen LogP contribution in [0.3, 0.4) is 0 Å². The minimum Gasteiger partial charge on any atom is -0.278 e. The summed E-state index contributed by atoms with van der Waals surface area (Å²) < 4.78 is 44.0. The average molecular weight is 464 g/mol. The van der Waals surface area contributed by atoms with Crippen LogP contribution in [-0.4, -0.2) is 24.7 Å². The number of aromatic nitrogens is 5. The lowest BCUT2D eigenvalue weighted by atomic mass is 9.92. The molecule has 9 heteroatoms. The van der Waals surface area contributed by atoms with E-state index in [1.807, 2.05) is 20.8 Å². The molecule has 4 aromatic rings. The molecular formula is C25H23F3N6. The second kappa shape index (κ2) is 8.55. The number of benzene rings is 1. The first-order valence-electron chi connectivity index (χ1n) is 10.5. The number of hydrogen-bond acceptors (Lipinski definition) is 5. The molecule has 0 saturated carbocycles. The van der Waals surface area contributed by atoms with E-state index < -0.39 is 11.7 Å². The second-order valence-corrected chi connectivity index (χ2v) is 8.84. The van der Waals surface area contributed by atoms with Crippen molar-refractivity contribution in [1.82, 2.24) is 24.7 Å². The van der Waals surface area contributed by atoms with Crippen LogP contribution in [0.5, 0.6) is 0 Å². The van der Waals surface area contributed by atoms with Crippen LogP contribution < -0.4 is 4.90 Å². The Kier molecular flexibility index (Phi) is 5.89. The lowest BCUT2D eigenvalue weighted by Gasteiger charge is -2.28. The quantitative estimate of drug-likeness (QED) is 0.364. The Morgan fingerprint density at radius 2 is 1.74 bits per heavy atom. The summed E-state index contributed by atoms with van der Waals surface area (Å²) in [6.07, 6.45) is -0.170. The third kappa shape index (κ3) is 4.50. The summed E-state index contributed by atoms with van der Waals surface area (Å²) in [5, 5.41) is 4.58. The van der Waals surface area contributed by atoms with Gasteiger partial charge in [-0.2, -0.15) is 18.3 Å². The van der Waals surface area contributed by atoms with Gasteiger partial charge < -0.3 is 0 Å². The van der Waals surface area contributed by atoms with Gasteiger partial charge in [0.05, 0.1) is 22.6 Å². The maximum Gasteiger partial charge on any atom is 0.418 e. The van der Waals surface area contributed by atoms with Gasteiger partial charge in [0.25, 0.3) is 0 Å². The van der Waals surface area contributed by atoms with E-state index in [1.165, 1.54) is 29.6 Å². The number of aryl methyl sites for hydroxylation is 1. The summed E-state index contributed by atoms with van der Waals surface area (Å²) in [6, 6.07) is 10.4. The molecule has 0 bridgehead atoms. The fourth-order valence-electron chi connectivity index (χ4n) is 3.58. The van der Waals surface area contributed by atoms with Crippen molar-refractivity contribution in [1.29, 1.82) is 0 Å². The van der Waals surface area contributed by atoms with Gasteiger partial charge in [-0.1, -0.05) is 26.8 Å².